The van der Waals surface area contributed by atoms with Gasteiger partial charge in [-0.25, -0.2) is 4.79 Å². The van der Waals surface area contributed by atoms with E-state index in [0.29, 0.717) is 12.2 Å². The Labute approximate surface area is 134 Å². The summed E-state index contributed by atoms with van der Waals surface area (Å²) in [5.41, 5.74) is 0.484. The van der Waals surface area contributed by atoms with E-state index in [0.717, 1.165) is 19.3 Å². The lowest BCUT2D eigenvalue weighted by Gasteiger charge is -2.05. The lowest BCUT2D eigenvalue weighted by atomic mass is 10.1. The van der Waals surface area contributed by atoms with Gasteiger partial charge < -0.3 is 9.84 Å². The number of carbonyl (C=O) groups is 1. The number of phenolic OH excluding ortho intramolecular Hbond substituents is 1. The van der Waals surface area contributed by atoms with Crippen molar-refractivity contribution in [2.24, 2.45) is 0 Å². The van der Waals surface area contributed by atoms with Crippen LogP contribution in [-0.4, -0.2) is 17.7 Å². The number of carbonyl (C=O) groups excluding carboxylic acids is 1. The molecule has 0 aliphatic rings. The van der Waals surface area contributed by atoms with Gasteiger partial charge in [0.05, 0.1) is 12.2 Å². The molecule has 0 aliphatic heterocycles. The second-order valence-corrected chi connectivity index (χ2v) is 5.59. The van der Waals surface area contributed by atoms with Gasteiger partial charge in [0.15, 0.2) is 0 Å². The molecule has 122 valence electrons. The number of hydrogen-bond acceptors (Lipinski definition) is 3. The molecule has 0 radical (unpaired) electrons. The van der Waals surface area contributed by atoms with E-state index in [2.05, 4.69) is 6.58 Å². The van der Waals surface area contributed by atoms with Gasteiger partial charge in [0.1, 0.15) is 5.75 Å². The minimum absolute atomic E-state index is 0.154. The van der Waals surface area contributed by atoms with Crippen molar-refractivity contribution in [2.75, 3.05) is 6.61 Å². The van der Waals surface area contributed by atoms with Crippen LogP contribution in [0.4, 0.5) is 0 Å². The smallest absolute Gasteiger partial charge is 0.338 e. The fourth-order valence-electron chi connectivity index (χ4n) is 2.30. The van der Waals surface area contributed by atoms with Gasteiger partial charge in [-0.2, -0.15) is 0 Å². The molecule has 0 fully saturated rings. The molecule has 22 heavy (non-hydrogen) atoms. The number of ether oxygens (including phenoxy) is 1. The first-order valence-corrected chi connectivity index (χ1v) is 8.31. The molecule has 1 aromatic carbocycles. The SMILES string of the molecule is C=CCCCCCCCCCCOC(=O)c1ccc(O)cc1. The molecule has 1 N–H and O–H groups in total. The summed E-state index contributed by atoms with van der Waals surface area (Å²) in [7, 11) is 0. The minimum Gasteiger partial charge on any atom is -0.508 e. The average molecular weight is 304 g/mol. The van der Waals surface area contributed by atoms with E-state index < -0.39 is 0 Å². The third-order valence-corrected chi connectivity index (χ3v) is 3.64. The number of phenols is 1. The summed E-state index contributed by atoms with van der Waals surface area (Å²) in [6, 6.07) is 6.13. The molecule has 3 nitrogen and oxygen atoms in total. The predicted molar refractivity (Wildman–Crippen MR) is 90.1 cm³/mol. The van der Waals surface area contributed by atoms with Crippen molar-refractivity contribution in [1.29, 1.82) is 0 Å². The Morgan fingerprint density at radius 1 is 0.955 bits per heavy atom. The molecule has 0 bridgehead atoms. The number of unbranched alkanes of at least 4 members (excludes halogenated alkanes) is 8. The van der Waals surface area contributed by atoms with Gasteiger partial charge >= 0.3 is 5.97 Å². The van der Waals surface area contributed by atoms with Crippen molar-refractivity contribution in [1.82, 2.24) is 0 Å². The van der Waals surface area contributed by atoms with E-state index >= 15 is 0 Å². The fraction of sp³-hybridized carbons (Fsp3) is 0.526. The highest BCUT2D eigenvalue weighted by molar-refractivity contribution is 5.89. The molecule has 0 aromatic heterocycles. The molecule has 1 rings (SSSR count). The Morgan fingerprint density at radius 2 is 1.50 bits per heavy atom. The Morgan fingerprint density at radius 3 is 2.09 bits per heavy atom. The summed E-state index contributed by atoms with van der Waals surface area (Å²) < 4.78 is 5.21. The van der Waals surface area contributed by atoms with Crippen molar-refractivity contribution in [3.63, 3.8) is 0 Å². The first-order valence-electron chi connectivity index (χ1n) is 8.31. The maximum atomic E-state index is 11.7. The molecule has 0 saturated carbocycles. The number of hydrogen-bond donors (Lipinski definition) is 1. The maximum absolute atomic E-state index is 11.7. The van der Waals surface area contributed by atoms with Crippen LogP contribution < -0.4 is 0 Å². The molecule has 0 amide bonds. The van der Waals surface area contributed by atoms with Gasteiger partial charge in [-0.05, 0) is 43.5 Å². The predicted octanol–water partition coefficient (Wildman–Crippen LogP) is 5.25. The van der Waals surface area contributed by atoms with E-state index in [1.807, 2.05) is 6.08 Å². The molecule has 0 spiro atoms. The number of esters is 1. The molecule has 1 aromatic rings. The first kappa shape index (κ1) is 18.3. The summed E-state index contributed by atoms with van der Waals surface area (Å²) in [5, 5.41) is 9.16. The van der Waals surface area contributed by atoms with Crippen LogP contribution in [-0.2, 0) is 4.74 Å². The van der Waals surface area contributed by atoms with Crippen molar-refractivity contribution >= 4 is 5.97 Å². The Balaban J connectivity index is 1.94. The molecular formula is C19H28O3. The minimum atomic E-state index is -0.317. The summed E-state index contributed by atoms with van der Waals surface area (Å²) in [6.45, 7) is 4.20. The van der Waals surface area contributed by atoms with E-state index in [-0.39, 0.29) is 11.7 Å². The highest BCUT2D eigenvalue weighted by Gasteiger charge is 2.06. The second kappa shape index (κ2) is 11.8. The van der Waals surface area contributed by atoms with Gasteiger partial charge in [-0.1, -0.05) is 44.6 Å². The van der Waals surface area contributed by atoms with Gasteiger partial charge in [0.2, 0.25) is 0 Å². The lowest BCUT2D eigenvalue weighted by molar-refractivity contribution is 0.0497. The first-order chi connectivity index (χ1) is 10.7. The summed E-state index contributed by atoms with van der Waals surface area (Å²) in [4.78, 5) is 11.7. The molecule has 3 heteroatoms. The Bertz CT molecular complexity index is 423. The van der Waals surface area contributed by atoms with Gasteiger partial charge in [0, 0.05) is 0 Å². The number of allylic oxidation sites excluding steroid dienone is 1. The zero-order chi connectivity index (χ0) is 16.0. The van der Waals surface area contributed by atoms with Crippen LogP contribution in [0.15, 0.2) is 36.9 Å². The lowest BCUT2D eigenvalue weighted by Crippen LogP contribution is -2.06. The van der Waals surface area contributed by atoms with E-state index in [1.54, 1.807) is 12.1 Å². The monoisotopic (exact) mass is 304 g/mol. The molecule has 0 atom stereocenters. The standard InChI is InChI=1S/C19H28O3/c1-2-3-4-5-6-7-8-9-10-11-16-22-19(21)17-12-14-18(20)15-13-17/h2,12-15,20H,1,3-11,16H2. The topological polar surface area (TPSA) is 46.5 Å². The molecule has 0 heterocycles. The van der Waals surface area contributed by atoms with Crippen LogP contribution in [0, 0.1) is 0 Å². The molecule has 0 unspecified atom stereocenters. The van der Waals surface area contributed by atoms with Gasteiger partial charge in [0.25, 0.3) is 0 Å². The zero-order valence-corrected chi connectivity index (χ0v) is 13.4. The van der Waals surface area contributed by atoms with Crippen LogP contribution in [0.5, 0.6) is 5.75 Å². The van der Waals surface area contributed by atoms with E-state index in [1.165, 1.54) is 50.7 Å². The summed E-state index contributed by atoms with van der Waals surface area (Å²) >= 11 is 0. The highest BCUT2D eigenvalue weighted by atomic mass is 16.5. The fourth-order valence-corrected chi connectivity index (χ4v) is 2.30. The van der Waals surface area contributed by atoms with E-state index in [9.17, 15) is 4.79 Å². The number of benzene rings is 1. The van der Waals surface area contributed by atoms with E-state index in [4.69, 9.17) is 9.84 Å². The highest BCUT2D eigenvalue weighted by Crippen LogP contribution is 2.12. The van der Waals surface area contributed by atoms with Crippen LogP contribution in [0.25, 0.3) is 0 Å². The van der Waals surface area contributed by atoms with Crippen molar-refractivity contribution < 1.29 is 14.6 Å². The summed E-state index contributed by atoms with van der Waals surface area (Å²) in [5.74, 6) is -0.164. The van der Waals surface area contributed by atoms with Crippen LogP contribution in [0.1, 0.15) is 68.1 Å². The summed E-state index contributed by atoms with van der Waals surface area (Å²) in [6.07, 6.45) is 12.8. The molecule has 0 saturated heterocycles. The number of rotatable bonds is 12. The third kappa shape index (κ3) is 8.50. The Hall–Kier alpha value is -1.77. The Kier molecular flexibility index (Phi) is 9.84. The van der Waals surface area contributed by atoms with Gasteiger partial charge in [-0.3, -0.25) is 0 Å². The van der Waals surface area contributed by atoms with Crippen molar-refractivity contribution in [3.05, 3.63) is 42.5 Å². The normalized spacial score (nSPS) is 10.4. The molecular weight excluding hydrogens is 276 g/mol. The van der Waals surface area contributed by atoms with Crippen LogP contribution >= 0.6 is 0 Å². The largest absolute Gasteiger partial charge is 0.508 e. The second-order valence-electron chi connectivity index (χ2n) is 5.59. The maximum Gasteiger partial charge on any atom is 0.338 e. The number of aromatic hydroxyl groups is 1. The quantitative estimate of drug-likeness (QED) is 0.326. The van der Waals surface area contributed by atoms with Gasteiger partial charge in [-0.15, -0.1) is 6.58 Å². The third-order valence-electron chi connectivity index (χ3n) is 3.64. The van der Waals surface area contributed by atoms with Crippen molar-refractivity contribution in [2.45, 2.75) is 57.8 Å². The zero-order valence-electron chi connectivity index (χ0n) is 13.4. The average Bonchev–Trinajstić information content (AvgIpc) is 2.53. The van der Waals surface area contributed by atoms with Crippen LogP contribution in [0.2, 0.25) is 0 Å². The van der Waals surface area contributed by atoms with Crippen molar-refractivity contribution in [3.8, 4) is 5.75 Å². The molecule has 0 aliphatic carbocycles. The van der Waals surface area contributed by atoms with Crippen LogP contribution in [0.3, 0.4) is 0 Å².